The fraction of sp³-hybridized carbons (Fsp3) is 0.600. The Bertz CT molecular complexity index is 503. The summed E-state index contributed by atoms with van der Waals surface area (Å²) in [7, 11) is -3.54. The maximum absolute atomic E-state index is 11.9. The van der Waals surface area contributed by atoms with Crippen LogP contribution in [0.1, 0.15) is 25.7 Å². The molecule has 0 aliphatic heterocycles. The highest BCUT2D eigenvalue weighted by Gasteiger charge is 2.28. The van der Waals surface area contributed by atoms with Gasteiger partial charge in [0.1, 0.15) is 0 Å². The van der Waals surface area contributed by atoms with Crippen molar-refractivity contribution >= 4 is 15.9 Å². The number of sulfonamides is 1. The van der Waals surface area contributed by atoms with Gasteiger partial charge in [0, 0.05) is 12.0 Å². The van der Waals surface area contributed by atoms with Crippen molar-refractivity contribution in [3.8, 4) is 0 Å². The van der Waals surface area contributed by atoms with Gasteiger partial charge in [-0.15, -0.1) is 0 Å². The molecular weight excluding hydrogens is 256 g/mol. The Morgan fingerprint density at radius 1 is 1.39 bits per heavy atom. The van der Waals surface area contributed by atoms with Crippen LogP contribution in [0.5, 0.6) is 0 Å². The maximum Gasteiger partial charge on any atom is 0.257 e. The molecule has 1 aliphatic carbocycles. The summed E-state index contributed by atoms with van der Waals surface area (Å²) in [6.07, 6.45) is 3.90. The van der Waals surface area contributed by atoms with Crippen molar-refractivity contribution in [2.24, 2.45) is 11.7 Å². The van der Waals surface area contributed by atoms with Crippen LogP contribution in [0.4, 0.5) is 0 Å². The minimum Gasteiger partial charge on any atom is -0.369 e. The third kappa shape index (κ3) is 2.88. The normalized spacial score (nSPS) is 24.9. The fourth-order valence-corrected chi connectivity index (χ4v) is 3.39. The zero-order valence-corrected chi connectivity index (χ0v) is 10.6. The molecule has 0 unspecified atom stereocenters. The summed E-state index contributed by atoms with van der Waals surface area (Å²) in [5.41, 5.74) is 5.23. The molecule has 18 heavy (non-hydrogen) atoms. The van der Waals surface area contributed by atoms with Crippen LogP contribution in [0.15, 0.2) is 17.3 Å². The van der Waals surface area contributed by atoms with E-state index in [0.29, 0.717) is 25.7 Å². The third-order valence-corrected chi connectivity index (χ3v) is 4.67. The van der Waals surface area contributed by atoms with Crippen molar-refractivity contribution in [3.63, 3.8) is 0 Å². The van der Waals surface area contributed by atoms with Crippen LogP contribution in [-0.2, 0) is 14.8 Å². The van der Waals surface area contributed by atoms with E-state index in [-0.39, 0.29) is 22.9 Å². The Kier molecular flexibility index (Phi) is 3.67. The van der Waals surface area contributed by atoms with Crippen molar-refractivity contribution in [2.45, 2.75) is 36.8 Å². The van der Waals surface area contributed by atoms with Gasteiger partial charge in [0.2, 0.25) is 5.91 Å². The van der Waals surface area contributed by atoms with Crippen LogP contribution in [0, 0.1) is 5.92 Å². The molecule has 100 valence electrons. The minimum atomic E-state index is -3.54. The molecule has 0 spiro atoms. The molecule has 1 aliphatic rings. The minimum absolute atomic E-state index is 0.0551. The first-order valence-corrected chi connectivity index (χ1v) is 7.28. The lowest BCUT2D eigenvalue weighted by Crippen LogP contribution is -2.39. The highest BCUT2D eigenvalue weighted by molar-refractivity contribution is 7.89. The molecule has 1 aromatic rings. The molecule has 1 aromatic heterocycles. The van der Waals surface area contributed by atoms with Gasteiger partial charge in [0.05, 0.1) is 6.20 Å². The SMILES string of the molecule is NC(=O)C1CCC(NS(=O)(=O)c2ccn[nH]2)CC1. The summed E-state index contributed by atoms with van der Waals surface area (Å²) >= 11 is 0. The average molecular weight is 272 g/mol. The molecule has 8 heteroatoms. The monoisotopic (exact) mass is 272 g/mol. The van der Waals surface area contributed by atoms with Gasteiger partial charge in [-0.05, 0) is 31.7 Å². The summed E-state index contributed by atoms with van der Waals surface area (Å²) in [4.78, 5) is 11.0. The molecule has 1 amide bonds. The number of H-pyrrole nitrogens is 1. The van der Waals surface area contributed by atoms with Crippen molar-refractivity contribution in [1.29, 1.82) is 0 Å². The van der Waals surface area contributed by atoms with Crippen LogP contribution < -0.4 is 10.5 Å². The highest BCUT2D eigenvalue weighted by atomic mass is 32.2. The largest absolute Gasteiger partial charge is 0.369 e. The second-order valence-electron chi connectivity index (χ2n) is 4.49. The lowest BCUT2D eigenvalue weighted by molar-refractivity contribution is -0.122. The molecule has 2 rings (SSSR count). The first kappa shape index (κ1) is 13.0. The Balaban J connectivity index is 1.94. The number of hydrogen-bond donors (Lipinski definition) is 3. The molecule has 1 saturated carbocycles. The average Bonchev–Trinajstić information content (AvgIpc) is 2.83. The molecule has 4 N–H and O–H groups in total. The van der Waals surface area contributed by atoms with E-state index in [1.807, 2.05) is 0 Å². The first-order valence-electron chi connectivity index (χ1n) is 5.80. The van der Waals surface area contributed by atoms with E-state index >= 15 is 0 Å². The summed E-state index contributed by atoms with van der Waals surface area (Å²) in [5, 5.41) is 6.09. The number of rotatable bonds is 4. The van der Waals surface area contributed by atoms with Gasteiger partial charge in [-0.1, -0.05) is 0 Å². The number of nitrogens with one attached hydrogen (secondary N) is 2. The topological polar surface area (TPSA) is 118 Å². The van der Waals surface area contributed by atoms with E-state index in [4.69, 9.17) is 5.73 Å². The van der Waals surface area contributed by atoms with Gasteiger partial charge in [0.15, 0.2) is 5.03 Å². The van der Waals surface area contributed by atoms with Gasteiger partial charge < -0.3 is 5.73 Å². The van der Waals surface area contributed by atoms with Crippen molar-refractivity contribution in [1.82, 2.24) is 14.9 Å². The van der Waals surface area contributed by atoms with Crippen molar-refractivity contribution < 1.29 is 13.2 Å². The number of carbonyl (C=O) groups excluding carboxylic acids is 1. The quantitative estimate of drug-likeness (QED) is 0.699. The first-order chi connectivity index (χ1) is 8.49. The maximum atomic E-state index is 11.9. The van der Waals surface area contributed by atoms with Crippen molar-refractivity contribution in [2.75, 3.05) is 0 Å². The second kappa shape index (κ2) is 5.07. The molecule has 0 bridgehead atoms. The fourth-order valence-electron chi connectivity index (χ4n) is 2.17. The summed E-state index contributed by atoms with van der Waals surface area (Å²) < 4.78 is 26.4. The van der Waals surface area contributed by atoms with E-state index in [1.165, 1.54) is 12.3 Å². The summed E-state index contributed by atoms with van der Waals surface area (Å²) in [5.74, 6) is -0.428. The van der Waals surface area contributed by atoms with Gasteiger partial charge in [-0.25, -0.2) is 13.1 Å². The highest BCUT2D eigenvalue weighted by Crippen LogP contribution is 2.24. The molecule has 1 fully saturated rings. The number of carbonyl (C=O) groups is 1. The van der Waals surface area contributed by atoms with Crippen LogP contribution in [0.3, 0.4) is 0 Å². The lowest BCUT2D eigenvalue weighted by Gasteiger charge is -2.26. The predicted molar refractivity (Wildman–Crippen MR) is 63.8 cm³/mol. The molecule has 1 heterocycles. The molecule has 7 nitrogen and oxygen atoms in total. The van der Waals surface area contributed by atoms with Crippen LogP contribution >= 0.6 is 0 Å². The van der Waals surface area contributed by atoms with Crippen LogP contribution in [0.2, 0.25) is 0 Å². The smallest absolute Gasteiger partial charge is 0.257 e. The van der Waals surface area contributed by atoms with E-state index in [9.17, 15) is 13.2 Å². The Morgan fingerprint density at radius 3 is 2.56 bits per heavy atom. The van der Waals surface area contributed by atoms with Crippen LogP contribution in [-0.4, -0.2) is 30.6 Å². The number of nitrogens with two attached hydrogens (primary N) is 1. The number of nitrogens with zero attached hydrogens (tertiary/aromatic N) is 1. The predicted octanol–water partition coefficient (Wildman–Crippen LogP) is -0.268. The number of aromatic amines is 1. The molecule has 0 radical (unpaired) electrons. The van der Waals surface area contributed by atoms with E-state index in [2.05, 4.69) is 14.9 Å². The Morgan fingerprint density at radius 2 is 2.06 bits per heavy atom. The van der Waals surface area contributed by atoms with E-state index in [0.717, 1.165) is 0 Å². The number of hydrogen-bond acceptors (Lipinski definition) is 4. The standard InChI is InChI=1S/C10H16N4O3S/c11-10(15)7-1-3-8(4-2-7)14-18(16,17)9-5-6-12-13-9/h5-8,14H,1-4H2,(H2,11,15)(H,12,13). The third-order valence-electron chi connectivity index (χ3n) is 3.22. The van der Waals surface area contributed by atoms with Crippen LogP contribution in [0.25, 0.3) is 0 Å². The van der Waals surface area contributed by atoms with Gasteiger partial charge in [-0.2, -0.15) is 5.10 Å². The van der Waals surface area contributed by atoms with Gasteiger partial charge in [-0.3, -0.25) is 9.89 Å². The molecule has 0 saturated heterocycles. The second-order valence-corrected chi connectivity index (χ2v) is 6.18. The summed E-state index contributed by atoms with van der Waals surface area (Å²) in [6, 6.07) is 1.26. The number of amides is 1. The Hall–Kier alpha value is -1.41. The van der Waals surface area contributed by atoms with Crippen molar-refractivity contribution in [3.05, 3.63) is 12.3 Å². The zero-order valence-electron chi connectivity index (χ0n) is 9.80. The molecule has 0 atom stereocenters. The number of aromatic nitrogens is 2. The van der Waals surface area contributed by atoms with Gasteiger partial charge >= 0.3 is 0 Å². The summed E-state index contributed by atoms with van der Waals surface area (Å²) in [6.45, 7) is 0. The molecular formula is C10H16N4O3S. The lowest BCUT2D eigenvalue weighted by atomic mass is 9.86. The van der Waals surface area contributed by atoms with E-state index in [1.54, 1.807) is 0 Å². The van der Waals surface area contributed by atoms with E-state index < -0.39 is 10.0 Å². The zero-order chi connectivity index (χ0) is 13.2. The Labute approximate surface area is 105 Å². The number of primary amides is 1. The molecule has 0 aromatic carbocycles. The van der Waals surface area contributed by atoms with Gasteiger partial charge in [0.25, 0.3) is 10.0 Å².